The minimum atomic E-state index is -0.158. The summed E-state index contributed by atoms with van der Waals surface area (Å²) in [5, 5.41) is 19.0. The van der Waals surface area contributed by atoms with E-state index in [4.69, 9.17) is 21.4 Å². The van der Waals surface area contributed by atoms with E-state index in [0.29, 0.717) is 22.9 Å². The Hall–Kier alpha value is -1.77. The van der Waals surface area contributed by atoms with E-state index in [0.717, 1.165) is 31.5 Å². The molecule has 27 heavy (non-hydrogen) atoms. The van der Waals surface area contributed by atoms with Gasteiger partial charge >= 0.3 is 0 Å². The zero-order valence-corrected chi connectivity index (χ0v) is 17.0. The van der Waals surface area contributed by atoms with Crippen LogP contribution in [0.5, 0.6) is 5.75 Å². The number of hydrogen-bond acceptors (Lipinski definition) is 4. The van der Waals surface area contributed by atoms with Crippen molar-refractivity contribution in [2.75, 3.05) is 26.2 Å². The molecule has 1 atom stereocenters. The molecule has 0 fully saturated rings. The Balaban J connectivity index is 0.00000364. The van der Waals surface area contributed by atoms with Gasteiger partial charge in [0.1, 0.15) is 17.9 Å². The largest absolute Gasteiger partial charge is 0.484 e. The monoisotopic (exact) mass is 408 g/mol. The molecule has 0 bridgehead atoms. The van der Waals surface area contributed by atoms with Crippen LogP contribution in [0.2, 0.25) is 5.02 Å². The second-order valence-electron chi connectivity index (χ2n) is 6.07. The molecule has 0 saturated heterocycles. The van der Waals surface area contributed by atoms with Crippen molar-refractivity contribution in [2.24, 2.45) is 0 Å². The number of benzene rings is 2. The first-order chi connectivity index (χ1) is 12.7. The van der Waals surface area contributed by atoms with Gasteiger partial charge in [0.25, 0.3) is 0 Å². The van der Waals surface area contributed by atoms with Crippen LogP contribution in [0.4, 0.5) is 0 Å². The van der Waals surface area contributed by atoms with Gasteiger partial charge in [-0.1, -0.05) is 48.9 Å². The third kappa shape index (κ3) is 7.40. The lowest BCUT2D eigenvalue weighted by atomic mass is 10.0. The first kappa shape index (κ1) is 23.3. The van der Waals surface area contributed by atoms with Crippen LogP contribution in [0.3, 0.4) is 0 Å². The number of halogens is 2. The maximum Gasteiger partial charge on any atom is 0.139 e. The van der Waals surface area contributed by atoms with Crippen LogP contribution in [-0.4, -0.2) is 36.2 Å². The molecule has 0 aliphatic rings. The Morgan fingerprint density at radius 2 is 1.93 bits per heavy atom. The summed E-state index contributed by atoms with van der Waals surface area (Å²) in [6.07, 6.45) is 1.58. The van der Waals surface area contributed by atoms with Crippen molar-refractivity contribution in [3.05, 3.63) is 64.7 Å². The molecule has 0 heterocycles. The normalized spacial score (nSPS) is 11.5. The molecule has 0 aliphatic heterocycles. The molecule has 0 aromatic heterocycles. The molecule has 6 heteroatoms. The van der Waals surface area contributed by atoms with Gasteiger partial charge in [0.05, 0.1) is 12.2 Å². The van der Waals surface area contributed by atoms with Gasteiger partial charge in [0, 0.05) is 17.6 Å². The molecule has 4 nitrogen and oxygen atoms in total. The van der Waals surface area contributed by atoms with Crippen molar-refractivity contribution < 1.29 is 9.84 Å². The van der Waals surface area contributed by atoms with Gasteiger partial charge in [-0.15, -0.1) is 12.4 Å². The van der Waals surface area contributed by atoms with Gasteiger partial charge in [0.2, 0.25) is 0 Å². The summed E-state index contributed by atoms with van der Waals surface area (Å²) < 4.78 is 6.20. The number of hydrogen-bond donors (Lipinski definition) is 1. The van der Waals surface area contributed by atoms with Crippen molar-refractivity contribution in [2.45, 2.75) is 25.9 Å². The zero-order valence-electron chi connectivity index (χ0n) is 15.5. The molecule has 1 N–H and O–H groups in total. The third-order valence-corrected chi connectivity index (χ3v) is 4.54. The van der Waals surface area contributed by atoms with Gasteiger partial charge < -0.3 is 14.7 Å². The molecule has 2 rings (SSSR count). The number of likely N-dealkylation sites (N-methyl/N-ethyl adjacent to an activating group) is 1. The highest BCUT2D eigenvalue weighted by Crippen LogP contribution is 2.30. The van der Waals surface area contributed by atoms with Gasteiger partial charge in [-0.05, 0) is 43.6 Å². The molecule has 0 unspecified atom stereocenters. The predicted molar refractivity (Wildman–Crippen MR) is 112 cm³/mol. The molecule has 0 radical (unpaired) electrons. The van der Waals surface area contributed by atoms with Crippen LogP contribution in [0.25, 0.3) is 0 Å². The van der Waals surface area contributed by atoms with Crippen LogP contribution in [0.15, 0.2) is 48.5 Å². The maximum absolute atomic E-state index is 9.33. The van der Waals surface area contributed by atoms with E-state index in [2.05, 4.69) is 17.9 Å². The van der Waals surface area contributed by atoms with E-state index < -0.39 is 0 Å². The third-order valence-electron chi connectivity index (χ3n) is 4.31. The maximum atomic E-state index is 9.33. The number of aliphatic hydroxyl groups excluding tert-OH is 1. The van der Waals surface area contributed by atoms with Gasteiger partial charge in [-0.25, -0.2) is 0 Å². The lowest BCUT2D eigenvalue weighted by Gasteiger charge is -2.23. The van der Waals surface area contributed by atoms with Gasteiger partial charge in [-0.3, -0.25) is 0 Å². The molecule has 0 spiro atoms. The number of ether oxygens (including phenoxy) is 1. The highest BCUT2D eigenvalue weighted by atomic mass is 35.5. The number of nitriles is 1. The molecule has 0 aliphatic carbocycles. The van der Waals surface area contributed by atoms with Gasteiger partial charge in [-0.2, -0.15) is 5.26 Å². The van der Waals surface area contributed by atoms with Crippen LogP contribution in [0.1, 0.15) is 37.0 Å². The SMILES string of the molecule is CCN(CCO)CCC[C@@H](Oc1cc(Cl)ccc1C#N)c1ccccc1.Cl. The molecule has 146 valence electrons. The predicted octanol–water partition coefficient (Wildman–Crippen LogP) is 4.85. The minimum Gasteiger partial charge on any atom is -0.484 e. The van der Waals surface area contributed by atoms with Gasteiger partial charge in [0.15, 0.2) is 0 Å². The fraction of sp³-hybridized carbons (Fsp3) is 0.381. The van der Waals surface area contributed by atoms with E-state index in [9.17, 15) is 5.26 Å². The fourth-order valence-electron chi connectivity index (χ4n) is 2.87. The quantitative estimate of drug-likeness (QED) is 0.610. The van der Waals surface area contributed by atoms with E-state index >= 15 is 0 Å². The van der Waals surface area contributed by atoms with Crippen molar-refractivity contribution in [3.8, 4) is 11.8 Å². The lowest BCUT2D eigenvalue weighted by Crippen LogP contribution is -2.28. The van der Waals surface area contributed by atoms with Crippen LogP contribution < -0.4 is 4.74 Å². The Morgan fingerprint density at radius 1 is 1.19 bits per heavy atom. The fourth-order valence-corrected chi connectivity index (χ4v) is 3.03. The van der Waals surface area contributed by atoms with Crippen molar-refractivity contribution in [1.29, 1.82) is 5.26 Å². The first-order valence-electron chi connectivity index (χ1n) is 8.92. The standard InChI is InChI=1S/C21H25ClN2O2.ClH/c1-2-24(13-14-25)12-6-9-20(17-7-4-3-5-8-17)26-21-15-19(22)11-10-18(21)16-23;/h3-5,7-8,10-11,15,20,25H,2,6,9,12-14H2,1H3;1H/t20-;/m1./s1. The Labute approximate surface area is 172 Å². The summed E-state index contributed by atoms with van der Waals surface area (Å²) in [6, 6.07) is 17.2. The Bertz CT molecular complexity index is 720. The van der Waals surface area contributed by atoms with Crippen molar-refractivity contribution >= 4 is 24.0 Å². The zero-order chi connectivity index (χ0) is 18.8. The highest BCUT2D eigenvalue weighted by molar-refractivity contribution is 6.30. The summed E-state index contributed by atoms with van der Waals surface area (Å²) in [4.78, 5) is 2.21. The topological polar surface area (TPSA) is 56.5 Å². The van der Waals surface area contributed by atoms with Crippen LogP contribution >= 0.6 is 24.0 Å². The summed E-state index contributed by atoms with van der Waals surface area (Å²) in [6.45, 7) is 4.74. The second-order valence-corrected chi connectivity index (χ2v) is 6.51. The van der Waals surface area contributed by atoms with E-state index in [1.165, 1.54) is 0 Å². The summed E-state index contributed by atoms with van der Waals surface area (Å²) in [7, 11) is 0. The molecule has 2 aromatic rings. The molecule has 0 saturated carbocycles. The molecule has 0 amide bonds. The summed E-state index contributed by atoms with van der Waals surface area (Å²) in [5.74, 6) is 0.511. The van der Waals surface area contributed by atoms with E-state index in [1.54, 1.807) is 18.2 Å². The highest BCUT2D eigenvalue weighted by Gasteiger charge is 2.16. The molecular formula is C21H26Cl2N2O2. The number of nitrogens with zero attached hydrogens (tertiary/aromatic N) is 2. The number of rotatable bonds is 10. The van der Waals surface area contributed by atoms with Crippen LogP contribution in [-0.2, 0) is 0 Å². The minimum absolute atomic E-state index is 0. The second kappa shape index (κ2) is 12.6. The number of aliphatic hydroxyl groups is 1. The average molecular weight is 409 g/mol. The van der Waals surface area contributed by atoms with Crippen LogP contribution in [0, 0.1) is 11.3 Å². The lowest BCUT2D eigenvalue weighted by molar-refractivity contribution is 0.168. The Kier molecular flexibility index (Phi) is 10.8. The molecular weight excluding hydrogens is 383 g/mol. The molecule has 2 aromatic carbocycles. The van der Waals surface area contributed by atoms with E-state index in [1.807, 2.05) is 30.3 Å². The smallest absolute Gasteiger partial charge is 0.139 e. The Morgan fingerprint density at radius 3 is 2.56 bits per heavy atom. The summed E-state index contributed by atoms with van der Waals surface area (Å²) in [5.41, 5.74) is 1.55. The van der Waals surface area contributed by atoms with Crippen molar-refractivity contribution in [3.63, 3.8) is 0 Å². The van der Waals surface area contributed by atoms with Crippen molar-refractivity contribution in [1.82, 2.24) is 4.90 Å². The average Bonchev–Trinajstić information content (AvgIpc) is 2.67. The van der Waals surface area contributed by atoms with E-state index in [-0.39, 0.29) is 25.1 Å². The first-order valence-corrected chi connectivity index (χ1v) is 9.30. The summed E-state index contributed by atoms with van der Waals surface area (Å²) >= 11 is 6.08.